The number of nitrogens with one attached hydrogen (secondary N) is 1. The van der Waals surface area contributed by atoms with E-state index >= 15 is 0 Å². The fourth-order valence-electron chi connectivity index (χ4n) is 1.25. The van der Waals surface area contributed by atoms with Gasteiger partial charge in [-0.1, -0.05) is 37.3 Å². The summed E-state index contributed by atoms with van der Waals surface area (Å²) < 4.78 is 0. The monoisotopic (exact) mass is 243 g/mol. The smallest absolute Gasteiger partial charge is 0.332 e. The normalized spacial score (nSPS) is 9.83. The van der Waals surface area contributed by atoms with E-state index in [-0.39, 0.29) is 0 Å². The third-order valence-corrected chi connectivity index (χ3v) is 2.19. The van der Waals surface area contributed by atoms with Crippen molar-refractivity contribution in [2.24, 2.45) is 10.8 Å². The summed E-state index contributed by atoms with van der Waals surface area (Å²) in [7, 11) is 0. The van der Waals surface area contributed by atoms with Crippen molar-refractivity contribution >= 4 is 12.2 Å². The van der Waals surface area contributed by atoms with Crippen LogP contribution in [0.15, 0.2) is 29.4 Å². The minimum atomic E-state index is -0.676. The van der Waals surface area contributed by atoms with Gasteiger partial charge in [-0.3, -0.25) is 0 Å². The number of rotatable bonds is 4. The SMILES string of the molecule is CCCCC#Cc1ccc(C=NNC(N)=O)cc1. The molecule has 0 aliphatic rings. The summed E-state index contributed by atoms with van der Waals surface area (Å²) >= 11 is 0. The molecular formula is C14H17N3O. The number of nitrogens with zero attached hydrogens (tertiary/aromatic N) is 1. The van der Waals surface area contributed by atoms with Gasteiger partial charge in [-0.2, -0.15) is 5.10 Å². The Bertz CT molecular complexity index is 466. The predicted molar refractivity (Wildman–Crippen MR) is 73.2 cm³/mol. The van der Waals surface area contributed by atoms with Crippen molar-refractivity contribution in [3.63, 3.8) is 0 Å². The molecule has 0 fully saturated rings. The molecular weight excluding hydrogens is 226 g/mol. The number of unbranched alkanes of at least 4 members (excludes halogenated alkanes) is 2. The van der Waals surface area contributed by atoms with Crippen molar-refractivity contribution in [2.45, 2.75) is 26.2 Å². The van der Waals surface area contributed by atoms with Crippen molar-refractivity contribution in [3.8, 4) is 11.8 Å². The van der Waals surface area contributed by atoms with E-state index in [1.165, 1.54) is 6.21 Å². The van der Waals surface area contributed by atoms with E-state index in [1.807, 2.05) is 24.3 Å². The highest BCUT2D eigenvalue weighted by molar-refractivity contribution is 5.81. The van der Waals surface area contributed by atoms with E-state index in [1.54, 1.807) is 0 Å². The molecule has 4 heteroatoms. The second-order valence-corrected chi connectivity index (χ2v) is 3.76. The number of benzene rings is 1. The molecule has 0 bridgehead atoms. The first-order chi connectivity index (χ1) is 8.72. The first kappa shape index (κ1) is 13.8. The summed E-state index contributed by atoms with van der Waals surface area (Å²) in [5, 5.41) is 3.67. The average Bonchev–Trinajstić information content (AvgIpc) is 2.36. The third kappa shape index (κ3) is 5.71. The van der Waals surface area contributed by atoms with Crippen molar-refractivity contribution in [1.82, 2.24) is 5.43 Å². The van der Waals surface area contributed by atoms with Gasteiger partial charge >= 0.3 is 6.03 Å². The highest BCUT2D eigenvalue weighted by Crippen LogP contribution is 2.01. The molecule has 18 heavy (non-hydrogen) atoms. The molecule has 94 valence electrons. The minimum absolute atomic E-state index is 0.676. The molecule has 0 spiro atoms. The summed E-state index contributed by atoms with van der Waals surface area (Å²) in [6, 6.07) is 6.94. The predicted octanol–water partition coefficient (Wildman–Crippen LogP) is 2.23. The Balaban J connectivity index is 2.53. The van der Waals surface area contributed by atoms with Crippen molar-refractivity contribution < 1.29 is 4.79 Å². The number of amides is 2. The van der Waals surface area contributed by atoms with Crippen molar-refractivity contribution in [1.29, 1.82) is 0 Å². The number of carbonyl (C=O) groups is 1. The molecule has 0 aliphatic carbocycles. The van der Waals surface area contributed by atoms with Gasteiger partial charge in [0.1, 0.15) is 0 Å². The lowest BCUT2D eigenvalue weighted by atomic mass is 10.1. The van der Waals surface area contributed by atoms with Crippen LogP contribution >= 0.6 is 0 Å². The number of nitrogens with two attached hydrogens (primary N) is 1. The molecule has 0 radical (unpaired) electrons. The van der Waals surface area contributed by atoms with E-state index in [0.29, 0.717) is 0 Å². The Labute approximate surface area is 107 Å². The first-order valence-corrected chi connectivity index (χ1v) is 5.90. The maximum atomic E-state index is 10.4. The van der Waals surface area contributed by atoms with Crippen molar-refractivity contribution in [2.75, 3.05) is 0 Å². The zero-order chi connectivity index (χ0) is 13.2. The van der Waals surface area contributed by atoms with Crippen LogP contribution in [0.25, 0.3) is 0 Å². The molecule has 1 rings (SSSR count). The van der Waals surface area contributed by atoms with Gasteiger partial charge < -0.3 is 5.73 Å². The topological polar surface area (TPSA) is 67.5 Å². The number of primary amides is 1. The van der Waals surface area contributed by atoms with Crippen LogP contribution in [0.4, 0.5) is 4.79 Å². The van der Waals surface area contributed by atoms with E-state index in [2.05, 4.69) is 29.3 Å². The number of carbonyl (C=O) groups excluding carboxylic acids is 1. The van der Waals surface area contributed by atoms with Crippen molar-refractivity contribution in [3.05, 3.63) is 35.4 Å². The number of hydrogen-bond acceptors (Lipinski definition) is 2. The second kappa shape index (κ2) is 7.91. The van der Waals surface area contributed by atoms with E-state index < -0.39 is 6.03 Å². The van der Waals surface area contributed by atoms with Crippen LogP contribution in [0, 0.1) is 11.8 Å². The van der Waals surface area contributed by atoms with Crippen LogP contribution in [0.1, 0.15) is 37.3 Å². The Morgan fingerprint density at radius 3 is 2.78 bits per heavy atom. The van der Waals surface area contributed by atoms with Gasteiger partial charge in [0, 0.05) is 12.0 Å². The largest absolute Gasteiger partial charge is 0.350 e. The quantitative estimate of drug-likeness (QED) is 0.362. The van der Waals surface area contributed by atoms with Gasteiger partial charge in [0.2, 0.25) is 0 Å². The Morgan fingerprint density at radius 2 is 2.17 bits per heavy atom. The standard InChI is InChI=1S/C14H17N3O/c1-2-3-4-5-6-12-7-9-13(10-8-12)11-16-17-14(15)18/h7-11H,2-4H2,1H3,(H3,15,17,18). The van der Waals surface area contributed by atoms with Crippen LogP contribution < -0.4 is 11.2 Å². The molecule has 3 N–H and O–H groups in total. The highest BCUT2D eigenvalue weighted by atomic mass is 16.2. The summed E-state index contributed by atoms with van der Waals surface area (Å²) in [4.78, 5) is 10.4. The number of hydrogen-bond donors (Lipinski definition) is 2. The summed E-state index contributed by atoms with van der Waals surface area (Å²) in [5.41, 5.74) is 8.87. The van der Waals surface area contributed by atoms with Crippen LogP contribution in [-0.2, 0) is 0 Å². The molecule has 0 aromatic heterocycles. The highest BCUT2D eigenvalue weighted by Gasteiger charge is 1.90. The molecule has 1 aromatic carbocycles. The van der Waals surface area contributed by atoms with Gasteiger partial charge in [0.05, 0.1) is 6.21 Å². The molecule has 0 aliphatic heterocycles. The summed E-state index contributed by atoms with van der Waals surface area (Å²) in [5.74, 6) is 6.22. The zero-order valence-corrected chi connectivity index (χ0v) is 10.4. The number of urea groups is 1. The van der Waals surface area contributed by atoms with Gasteiger partial charge in [0.25, 0.3) is 0 Å². The maximum Gasteiger partial charge on any atom is 0.332 e. The summed E-state index contributed by atoms with van der Waals surface area (Å²) in [6.45, 7) is 2.15. The molecule has 4 nitrogen and oxygen atoms in total. The fourth-order valence-corrected chi connectivity index (χ4v) is 1.25. The minimum Gasteiger partial charge on any atom is -0.350 e. The molecule has 1 aromatic rings. The zero-order valence-electron chi connectivity index (χ0n) is 10.4. The number of hydrazone groups is 1. The molecule has 0 unspecified atom stereocenters. The van der Waals surface area contributed by atoms with Crippen LogP contribution in [0.5, 0.6) is 0 Å². The van der Waals surface area contributed by atoms with E-state index in [0.717, 1.165) is 30.4 Å². The molecule has 0 saturated carbocycles. The van der Waals surface area contributed by atoms with Crippen LogP contribution in [0.2, 0.25) is 0 Å². The Kier molecular flexibility index (Phi) is 6.05. The molecule has 0 heterocycles. The maximum absolute atomic E-state index is 10.4. The summed E-state index contributed by atoms with van der Waals surface area (Å²) in [6.07, 6.45) is 4.76. The van der Waals surface area contributed by atoms with Gasteiger partial charge in [-0.05, 0) is 24.1 Å². The average molecular weight is 243 g/mol. The van der Waals surface area contributed by atoms with E-state index in [9.17, 15) is 4.79 Å². The van der Waals surface area contributed by atoms with Gasteiger partial charge in [-0.15, -0.1) is 0 Å². The second-order valence-electron chi connectivity index (χ2n) is 3.76. The Morgan fingerprint density at radius 1 is 1.44 bits per heavy atom. The lowest BCUT2D eigenvalue weighted by molar-refractivity contribution is 0.249. The fraction of sp³-hybridized carbons (Fsp3) is 0.286. The molecule has 2 amide bonds. The van der Waals surface area contributed by atoms with Gasteiger partial charge in [-0.25, -0.2) is 10.2 Å². The van der Waals surface area contributed by atoms with Crippen LogP contribution in [0.3, 0.4) is 0 Å². The van der Waals surface area contributed by atoms with E-state index in [4.69, 9.17) is 5.73 Å². The molecule has 0 saturated heterocycles. The third-order valence-electron chi connectivity index (χ3n) is 2.19. The Hall–Kier alpha value is -2.28. The first-order valence-electron chi connectivity index (χ1n) is 5.90. The lowest BCUT2D eigenvalue weighted by Gasteiger charge is -1.94. The van der Waals surface area contributed by atoms with Crippen LogP contribution in [-0.4, -0.2) is 12.2 Å². The molecule has 0 atom stereocenters. The van der Waals surface area contributed by atoms with Gasteiger partial charge in [0.15, 0.2) is 0 Å². The lowest BCUT2D eigenvalue weighted by Crippen LogP contribution is -2.24.